The molecule has 0 aliphatic heterocycles. The number of carbonyl (C=O) groups excluding carboxylic acids is 1. The van der Waals surface area contributed by atoms with E-state index in [-0.39, 0.29) is 5.91 Å². The molecule has 0 atom stereocenters. The van der Waals surface area contributed by atoms with Gasteiger partial charge in [-0.15, -0.1) is 0 Å². The van der Waals surface area contributed by atoms with E-state index in [1.54, 1.807) is 19.0 Å². The summed E-state index contributed by atoms with van der Waals surface area (Å²) in [6.07, 6.45) is 0.829. The van der Waals surface area contributed by atoms with Gasteiger partial charge in [0.2, 0.25) is 5.91 Å². The summed E-state index contributed by atoms with van der Waals surface area (Å²) in [4.78, 5) is 17.9. The van der Waals surface area contributed by atoms with Gasteiger partial charge in [-0.3, -0.25) is 4.79 Å². The predicted octanol–water partition coefficient (Wildman–Crippen LogP) is 1.69. The number of hydrogen-bond acceptors (Lipinski definition) is 2. The van der Waals surface area contributed by atoms with E-state index in [1.807, 2.05) is 28.8 Å². The molecular weight excluding hydrogens is 214 g/mol. The smallest absolute Gasteiger partial charge is 0.242 e. The number of nitrogens with zero attached hydrogens (tertiary/aromatic N) is 3. The minimum Gasteiger partial charge on any atom is -0.347 e. The van der Waals surface area contributed by atoms with Gasteiger partial charge in [-0.1, -0.05) is 19.1 Å². The molecule has 0 aliphatic carbocycles. The van der Waals surface area contributed by atoms with Crippen LogP contribution in [0, 0.1) is 0 Å². The van der Waals surface area contributed by atoms with Gasteiger partial charge in [0, 0.05) is 20.5 Å². The molecule has 0 bridgehead atoms. The topological polar surface area (TPSA) is 38.1 Å². The van der Waals surface area contributed by atoms with Gasteiger partial charge in [0.1, 0.15) is 12.4 Å². The SMILES string of the molecule is CCc1nc2ccccc2n1CC(=O)N(C)C. The molecule has 4 nitrogen and oxygen atoms in total. The van der Waals surface area contributed by atoms with Crippen LogP contribution in [0.5, 0.6) is 0 Å². The van der Waals surface area contributed by atoms with Crippen LogP contribution in [0.1, 0.15) is 12.7 Å². The average Bonchev–Trinajstić information content (AvgIpc) is 2.67. The highest BCUT2D eigenvalue weighted by Crippen LogP contribution is 2.16. The lowest BCUT2D eigenvalue weighted by Crippen LogP contribution is -2.26. The van der Waals surface area contributed by atoms with Crippen molar-refractivity contribution in [2.45, 2.75) is 19.9 Å². The summed E-state index contributed by atoms with van der Waals surface area (Å²) in [7, 11) is 3.54. The number of hydrogen-bond donors (Lipinski definition) is 0. The number of carbonyl (C=O) groups is 1. The number of rotatable bonds is 3. The molecule has 1 aromatic carbocycles. The highest BCUT2D eigenvalue weighted by molar-refractivity contribution is 5.80. The summed E-state index contributed by atoms with van der Waals surface area (Å²) in [5, 5.41) is 0. The van der Waals surface area contributed by atoms with E-state index in [2.05, 4.69) is 11.9 Å². The summed E-state index contributed by atoms with van der Waals surface area (Å²) in [6.45, 7) is 2.41. The monoisotopic (exact) mass is 231 g/mol. The molecule has 1 amide bonds. The molecule has 0 aliphatic rings. The number of para-hydroxylation sites is 2. The third-order valence-electron chi connectivity index (χ3n) is 2.84. The van der Waals surface area contributed by atoms with E-state index in [4.69, 9.17) is 0 Å². The average molecular weight is 231 g/mol. The summed E-state index contributed by atoms with van der Waals surface area (Å²) < 4.78 is 2.00. The lowest BCUT2D eigenvalue weighted by Gasteiger charge is -2.12. The molecule has 17 heavy (non-hydrogen) atoms. The van der Waals surface area contributed by atoms with Crippen molar-refractivity contribution in [3.8, 4) is 0 Å². The number of likely N-dealkylation sites (N-methyl/N-ethyl adjacent to an activating group) is 1. The van der Waals surface area contributed by atoms with E-state index >= 15 is 0 Å². The number of benzene rings is 1. The van der Waals surface area contributed by atoms with Gasteiger partial charge in [0.05, 0.1) is 11.0 Å². The minimum atomic E-state index is 0.0860. The molecule has 0 fully saturated rings. The Balaban J connectivity index is 2.47. The van der Waals surface area contributed by atoms with E-state index in [1.165, 1.54) is 0 Å². The fraction of sp³-hybridized carbons (Fsp3) is 0.385. The van der Waals surface area contributed by atoms with Gasteiger partial charge in [0.25, 0.3) is 0 Å². The first-order valence-corrected chi connectivity index (χ1v) is 5.77. The number of imidazole rings is 1. The molecule has 1 heterocycles. The van der Waals surface area contributed by atoms with Crippen molar-refractivity contribution in [2.24, 2.45) is 0 Å². The molecule has 2 rings (SSSR count). The number of aryl methyl sites for hydroxylation is 1. The van der Waals surface area contributed by atoms with Gasteiger partial charge < -0.3 is 9.47 Å². The minimum absolute atomic E-state index is 0.0860. The molecule has 0 spiro atoms. The van der Waals surface area contributed by atoms with Crippen LogP contribution in [0.15, 0.2) is 24.3 Å². The number of aromatic nitrogens is 2. The van der Waals surface area contributed by atoms with Crippen LogP contribution >= 0.6 is 0 Å². The molecule has 0 saturated heterocycles. The van der Waals surface area contributed by atoms with Crippen LogP contribution in [0.3, 0.4) is 0 Å². The standard InChI is InChI=1S/C13H17N3O/c1-4-12-14-10-7-5-6-8-11(10)16(12)9-13(17)15(2)3/h5-8H,4,9H2,1-3H3. The second-order valence-corrected chi connectivity index (χ2v) is 4.24. The second-order valence-electron chi connectivity index (χ2n) is 4.24. The lowest BCUT2D eigenvalue weighted by atomic mass is 10.3. The van der Waals surface area contributed by atoms with Crippen molar-refractivity contribution in [1.29, 1.82) is 0 Å². The van der Waals surface area contributed by atoms with E-state index in [0.29, 0.717) is 6.54 Å². The summed E-state index contributed by atoms with van der Waals surface area (Å²) >= 11 is 0. The zero-order valence-electron chi connectivity index (χ0n) is 10.5. The summed E-state index contributed by atoms with van der Waals surface area (Å²) in [5.74, 6) is 1.05. The Morgan fingerprint density at radius 3 is 2.71 bits per heavy atom. The van der Waals surface area contributed by atoms with Crippen molar-refractivity contribution in [1.82, 2.24) is 14.5 Å². The molecule has 4 heteroatoms. The third-order valence-corrected chi connectivity index (χ3v) is 2.84. The van der Waals surface area contributed by atoms with Crippen LogP contribution < -0.4 is 0 Å². The normalized spacial score (nSPS) is 10.8. The van der Waals surface area contributed by atoms with Crippen LogP contribution in [-0.4, -0.2) is 34.5 Å². The Morgan fingerprint density at radius 2 is 2.06 bits per heavy atom. The Kier molecular flexibility index (Phi) is 3.13. The van der Waals surface area contributed by atoms with Crippen molar-refractivity contribution < 1.29 is 4.79 Å². The highest BCUT2D eigenvalue weighted by atomic mass is 16.2. The summed E-state index contributed by atoms with van der Waals surface area (Å²) in [5.41, 5.74) is 1.98. The van der Waals surface area contributed by atoms with Crippen LogP contribution in [0.4, 0.5) is 0 Å². The van der Waals surface area contributed by atoms with Crippen LogP contribution in [-0.2, 0) is 17.8 Å². The Labute approximate surface area is 101 Å². The van der Waals surface area contributed by atoms with Crippen molar-refractivity contribution >= 4 is 16.9 Å². The molecular formula is C13H17N3O. The third kappa shape index (κ3) is 2.16. The largest absolute Gasteiger partial charge is 0.347 e. The fourth-order valence-electron chi connectivity index (χ4n) is 1.85. The fourth-order valence-corrected chi connectivity index (χ4v) is 1.85. The quantitative estimate of drug-likeness (QED) is 0.806. The predicted molar refractivity (Wildman–Crippen MR) is 67.8 cm³/mol. The summed E-state index contributed by atoms with van der Waals surface area (Å²) in [6, 6.07) is 7.92. The van der Waals surface area contributed by atoms with Crippen molar-refractivity contribution in [3.05, 3.63) is 30.1 Å². The Hall–Kier alpha value is -1.84. The molecule has 0 unspecified atom stereocenters. The van der Waals surface area contributed by atoms with E-state index < -0.39 is 0 Å². The zero-order valence-corrected chi connectivity index (χ0v) is 10.5. The molecule has 0 radical (unpaired) electrons. The first kappa shape index (κ1) is 11.6. The maximum Gasteiger partial charge on any atom is 0.242 e. The van der Waals surface area contributed by atoms with Crippen molar-refractivity contribution in [2.75, 3.05) is 14.1 Å². The number of amides is 1. The van der Waals surface area contributed by atoms with E-state index in [0.717, 1.165) is 23.3 Å². The molecule has 0 saturated carbocycles. The second kappa shape index (κ2) is 4.57. The van der Waals surface area contributed by atoms with E-state index in [9.17, 15) is 4.79 Å². The molecule has 90 valence electrons. The first-order valence-electron chi connectivity index (χ1n) is 5.77. The van der Waals surface area contributed by atoms with Gasteiger partial charge in [-0.05, 0) is 12.1 Å². The zero-order chi connectivity index (χ0) is 12.4. The highest BCUT2D eigenvalue weighted by Gasteiger charge is 2.12. The van der Waals surface area contributed by atoms with Crippen molar-refractivity contribution in [3.63, 3.8) is 0 Å². The Bertz CT molecular complexity index is 543. The first-order chi connectivity index (χ1) is 8.13. The van der Waals surface area contributed by atoms with Gasteiger partial charge in [-0.2, -0.15) is 0 Å². The Morgan fingerprint density at radius 1 is 1.35 bits per heavy atom. The number of fused-ring (bicyclic) bond motifs is 1. The van der Waals surface area contributed by atoms with Gasteiger partial charge >= 0.3 is 0 Å². The maximum absolute atomic E-state index is 11.8. The molecule has 1 aromatic heterocycles. The van der Waals surface area contributed by atoms with Gasteiger partial charge in [0.15, 0.2) is 0 Å². The van der Waals surface area contributed by atoms with Gasteiger partial charge in [-0.25, -0.2) is 4.98 Å². The van der Waals surface area contributed by atoms with Crippen LogP contribution in [0.25, 0.3) is 11.0 Å². The maximum atomic E-state index is 11.8. The van der Waals surface area contributed by atoms with Crippen LogP contribution in [0.2, 0.25) is 0 Å². The molecule has 0 N–H and O–H groups in total. The molecule has 2 aromatic rings. The lowest BCUT2D eigenvalue weighted by molar-refractivity contribution is -0.129.